The van der Waals surface area contributed by atoms with Gasteiger partial charge in [-0.05, 0) is 24.0 Å². The van der Waals surface area contributed by atoms with E-state index in [-0.39, 0.29) is 0 Å². The molecule has 0 aliphatic rings. The van der Waals surface area contributed by atoms with Crippen LogP contribution in [0.25, 0.3) is 0 Å². The molecule has 0 atom stereocenters. The Morgan fingerprint density at radius 1 is 1.05 bits per heavy atom. The van der Waals surface area contributed by atoms with E-state index in [9.17, 15) is 9.59 Å². The Morgan fingerprint density at radius 2 is 1.62 bits per heavy atom. The molecule has 1 aromatic heterocycles. The summed E-state index contributed by atoms with van der Waals surface area (Å²) in [5.41, 5.74) is 5.07. The first kappa shape index (κ1) is 14.7. The third-order valence-electron chi connectivity index (χ3n) is 3.09. The van der Waals surface area contributed by atoms with Crippen molar-refractivity contribution in [2.24, 2.45) is 0 Å². The highest BCUT2D eigenvalue weighted by Crippen LogP contribution is 2.22. The zero-order valence-corrected chi connectivity index (χ0v) is 12.0. The van der Waals surface area contributed by atoms with Crippen LogP contribution in [0.1, 0.15) is 25.0 Å². The Hall–Kier alpha value is -2.70. The molecular weight excluding hydrogens is 270 g/mol. The van der Waals surface area contributed by atoms with Crippen LogP contribution in [0, 0.1) is 0 Å². The van der Waals surface area contributed by atoms with Crippen LogP contribution in [0.2, 0.25) is 0 Å². The van der Waals surface area contributed by atoms with Gasteiger partial charge in [0.2, 0.25) is 0 Å². The number of aryl methyl sites for hydroxylation is 2. The lowest BCUT2D eigenvalue weighted by molar-refractivity contribution is -0.133. The maximum atomic E-state index is 12.0. The van der Waals surface area contributed by atoms with E-state index in [0.717, 1.165) is 24.0 Å². The predicted molar refractivity (Wildman–Crippen MR) is 78.2 cm³/mol. The first-order chi connectivity index (χ1) is 10.2. The van der Waals surface area contributed by atoms with E-state index in [1.54, 1.807) is 0 Å². The van der Waals surface area contributed by atoms with Gasteiger partial charge in [-0.1, -0.05) is 32.0 Å². The normalized spacial score (nSPS) is 10.2. The van der Waals surface area contributed by atoms with Crippen LogP contribution in [0.5, 0.6) is 0 Å². The van der Waals surface area contributed by atoms with E-state index in [2.05, 4.69) is 20.9 Å². The molecule has 2 aromatic rings. The number of nitrogens with zero attached hydrogens (tertiary/aromatic N) is 3. The lowest BCUT2D eigenvalue weighted by Crippen LogP contribution is -2.34. The van der Waals surface area contributed by atoms with Crippen molar-refractivity contribution < 1.29 is 9.59 Å². The third-order valence-corrected chi connectivity index (χ3v) is 3.09. The second-order valence-electron chi connectivity index (χ2n) is 4.42. The van der Waals surface area contributed by atoms with Gasteiger partial charge in [0.05, 0.1) is 0 Å². The molecule has 1 aromatic carbocycles. The van der Waals surface area contributed by atoms with Gasteiger partial charge in [-0.15, -0.1) is 10.2 Å². The van der Waals surface area contributed by atoms with Crippen molar-refractivity contribution in [1.29, 1.82) is 0 Å². The van der Waals surface area contributed by atoms with Crippen LogP contribution in [-0.4, -0.2) is 26.7 Å². The number of aromatic nitrogens is 3. The first-order valence-corrected chi connectivity index (χ1v) is 6.73. The topological polar surface area (TPSA) is 88.9 Å². The van der Waals surface area contributed by atoms with Crippen molar-refractivity contribution >= 4 is 17.5 Å². The van der Waals surface area contributed by atoms with Crippen LogP contribution in [-0.2, 0) is 22.4 Å². The number of amides is 2. The maximum Gasteiger partial charge on any atom is 0.328 e. The van der Waals surface area contributed by atoms with E-state index >= 15 is 0 Å². The fourth-order valence-corrected chi connectivity index (χ4v) is 2.00. The summed E-state index contributed by atoms with van der Waals surface area (Å²) < 4.78 is 1.22. The minimum atomic E-state index is -0.775. The minimum Gasteiger partial charge on any atom is -0.317 e. The number of benzene rings is 1. The van der Waals surface area contributed by atoms with Gasteiger partial charge < -0.3 is 5.32 Å². The van der Waals surface area contributed by atoms with Gasteiger partial charge in [-0.25, -0.2) is 4.68 Å². The fraction of sp³-hybridized carbons (Fsp3) is 0.286. The van der Waals surface area contributed by atoms with Gasteiger partial charge in [0.25, 0.3) is 0 Å². The summed E-state index contributed by atoms with van der Waals surface area (Å²) in [5.74, 6) is -1.50. The summed E-state index contributed by atoms with van der Waals surface area (Å²) in [6.45, 7) is 4.00. The Labute approximate surface area is 122 Å². The number of nitrogens with one attached hydrogen (secondary N) is 2. The lowest BCUT2D eigenvalue weighted by Gasteiger charge is -2.14. The minimum absolute atomic E-state index is 0.714. The molecule has 0 radical (unpaired) electrons. The highest BCUT2D eigenvalue weighted by molar-refractivity contribution is 6.42. The summed E-state index contributed by atoms with van der Waals surface area (Å²) in [4.78, 5) is 23.8. The molecule has 0 fully saturated rings. The van der Waals surface area contributed by atoms with E-state index in [4.69, 9.17) is 0 Å². The molecule has 2 amide bonds. The zero-order valence-electron chi connectivity index (χ0n) is 12.0. The Kier molecular flexibility index (Phi) is 4.65. The molecule has 0 saturated heterocycles. The number of para-hydroxylation sites is 1. The van der Waals surface area contributed by atoms with Crippen molar-refractivity contribution in [3.05, 3.63) is 42.0 Å². The quantitative estimate of drug-likeness (QED) is 0.824. The molecule has 0 saturated carbocycles. The van der Waals surface area contributed by atoms with Gasteiger partial charge in [0, 0.05) is 5.69 Å². The molecule has 110 valence electrons. The number of carbonyl (C=O) groups is 2. The highest BCUT2D eigenvalue weighted by Gasteiger charge is 2.17. The Balaban J connectivity index is 2.13. The zero-order chi connectivity index (χ0) is 15.2. The number of hydrogen-bond donors (Lipinski definition) is 2. The second kappa shape index (κ2) is 6.65. The van der Waals surface area contributed by atoms with E-state index in [1.165, 1.54) is 17.3 Å². The Morgan fingerprint density at radius 3 is 2.14 bits per heavy atom. The molecule has 2 rings (SSSR count). The fourth-order valence-electron chi connectivity index (χ4n) is 2.00. The molecule has 0 bridgehead atoms. The molecule has 2 N–H and O–H groups in total. The monoisotopic (exact) mass is 287 g/mol. The maximum absolute atomic E-state index is 12.0. The summed E-state index contributed by atoms with van der Waals surface area (Å²) in [5, 5.41) is 9.77. The number of anilines is 1. The molecule has 0 aliphatic carbocycles. The largest absolute Gasteiger partial charge is 0.328 e. The molecular formula is C14H17N5O2. The SMILES string of the molecule is CCc1cccc(CC)c1NC(=O)C(=O)Nn1cnnc1. The van der Waals surface area contributed by atoms with Crippen molar-refractivity contribution in [3.63, 3.8) is 0 Å². The predicted octanol–water partition coefficient (Wildman–Crippen LogP) is 1.11. The van der Waals surface area contributed by atoms with E-state index in [1.807, 2.05) is 32.0 Å². The van der Waals surface area contributed by atoms with Gasteiger partial charge in [0.1, 0.15) is 12.7 Å². The molecule has 21 heavy (non-hydrogen) atoms. The number of rotatable bonds is 4. The second-order valence-corrected chi connectivity index (χ2v) is 4.42. The van der Waals surface area contributed by atoms with E-state index in [0.29, 0.717) is 5.69 Å². The molecule has 0 unspecified atom stereocenters. The van der Waals surface area contributed by atoms with Crippen LogP contribution in [0.15, 0.2) is 30.9 Å². The molecule has 1 heterocycles. The number of carbonyl (C=O) groups excluding carboxylic acids is 2. The molecule has 7 heteroatoms. The average molecular weight is 287 g/mol. The van der Waals surface area contributed by atoms with Crippen LogP contribution >= 0.6 is 0 Å². The molecule has 0 spiro atoms. The van der Waals surface area contributed by atoms with Gasteiger partial charge >= 0.3 is 11.8 Å². The standard InChI is InChI=1S/C14H17N5O2/c1-3-10-6-5-7-11(4-2)12(10)17-13(20)14(21)18-19-8-15-16-9-19/h5-9H,3-4H2,1-2H3,(H,17,20)(H,18,21). The van der Waals surface area contributed by atoms with Crippen LogP contribution < -0.4 is 10.7 Å². The summed E-state index contributed by atoms with van der Waals surface area (Å²) >= 11 is 0. The summed E-state index contributed by atoms with van der Waals surface area (Å²) in [6.07, 6.45) is 4.14. The van der Waals surface area contributed by atoms with Crippen molar-refractivity contribution in [2.75, 3.05) is 10.7 Å². The van der Waals surface area contributed by atoms with Crippen molar-refractivity contribution in [1.82, 2.24) is 14.9 Å². The van der Waals surface area contributed by atoms with Gasteiger partial charge in [-0.2, -0.15) is 0 Å². The molecule has 7 nitrogen and oxygen atoms in total. The average Bonchev–Trinajstić information content (AvgIpc) is 3.00. The van der Waals surface area contributed by atoms with Gasteiger partial charge in [0.15, 0.2) is 0 Å². The highest BCUT2D eigenvalue weighted by atomic mass is 16.2. The smallest absolute Gasteiger partial charge is 0.317 e. The summed E-state index contributed by atoms with van der Waals surface area (Å²) in [7, 11) is 0. The van der Waals surface area contributed by atoms with Gasteiger partial charge in [-0.3, -0.25) is 15.0 Å². The number of hydrogen-bond acceptors (Lipinski definition) is 4. The first-order valence-electron chi connectivity index (χ1n) is 6.73. The van der Waals surface area contributed by atoms with E-state index < -0.39 is 11.8 Å². The Bertz CT molecular complexity index is 615. The van der Waals surface area contributed by atoms with Crippen molar-refractivity contribution in [2.45, 2.75) is 26.7 Å². The van der Waals surface area contributed by atoms with Crippen LogP contribution in [0.4, 0.5) is 5.69 Å². The summed E-state index contributed by atoms with van der Waals surface area (Å²) in [6, 6.07) is 5.82. The van der Waals surface area contributed by atoms with Crippen LogP contribution in [0.3, 0.4) is 0 Å². The molecule has 0 aliphatic heterocycles. The van der Waals surface area contributed by atoms with Crippen molar-refractivity contribution in [3.8, 4) is 0 Å². The lowest BCUT2D eigenvalue weighted by atomic mass is 10.0. The third kappa shape index (κ3) is 3.44.